The van der Waals surface area contributed by atoms with Crippen molar-refractivity contribution < 1.29 is 4.74 Å². The largest absolute Gasteiger partial charge is 0.492 e. The normalized spacial score (nSPS) is 10.1. The Morgan fingerprint density at radius 3 is 2.88 bits per heavy atom. The molecular formula is C12H18N2OS. The number of hydrogen-bond acceptors (Lipinski definition) is 3. The van der Waals surface area contributed by atoms with Crippen LogP contribution in [0.25, 0.3) is 0 Å². The van der Waals surface area contributed by atoms with E-state index in [1.165, 1.54) is 0 Å². The molecule has 0 aromatic heterocycles. The molecule has 0 fully saturated rings. The molecule has 0 heterocycles. The number of nitrogens with one attached hydrogen (secondary N) is 1. The van der Waals surface area contributed by atoms with Gasteiger partial charge in [-0.3, -0.25) is 5.41 Å². The van der Waals surface area contributed by atoms with Crippen molar-refractivity contribution in [2.24, 2.45) is 5.73 Å². The van der Waals surface area contributed by atoms with Crippen LogP contribution in [0.2, 0.25) is 0 Å². The van der Waals surface area contributed by atoms with Crippen molar-refractivity contribution in [3.05, 3.63) is 29.3 Å². The molecule has 4 heteroatoms. The molecule has 16 heavy (non-hydrogen) atoms. The van der Waals surface area contributed by atoms with E-state index in [2.05, 4.69) is 6.92 Å². The monoisotopic (exact) mass is 238 g/mol. The summed E-state index contributed by atoms with van der Waals surface area (Å²) < 4.78 is 5.66. The van der Waals surface area contributed by atoms with Crippen LogP contribution in [0, 0.1) is 12.3 Å². The Hall–Kier alpha value is -1.16. The van der Waals surface area contributed by atoms with Crippen LogP contribution in [0.15, 0.2) is 18.2 Å². The Labute approximate surface area is 101 Å². The number of nitrogen functional groups attached to an aromatic ring is 1. The minimum Gasteiger partial charge on any atom is -0.492 e. The zero-order valence-electron chi connectivity index (χ0n) is 9.75. The summed E-state index contributed by atoms with van der Waals surface area (Å²) in [5.74, 6) is 2.99. The summed E-state index contributed by atoms with van der Waals surface area (Å²) in [6.45, 7) is 4.82. The SMILES string of the molecule is CCSCCOc1cc(C(=N)N)ccc1C. The summed E-state index contributed by atoms with van der Waals surface area (Å²) in [4.78, 5) is 0. The van der Waals surface area contributed by atoms with Gasteiger partial charge in [-0.1, -0.05) is 19.1 Å². The first kappa shape index (κ1) is 12.9. The van der Waals surface area contributed by atoms with E-state index in [1.54, 1.807) is 0 Å². The molecule has 0 amide bonds. The van der Waals surface area contributed by atoms with Gasteiger partial charge in [0.1, 0.15) is 11.6 Å². The van der Waals surface area contributed by atoms with Crippen molar-refractivity contribution in [3.63, 3.8) is 0 Å². The molecule has 0 atom stereocenters. The number of thioether (sulfide) groups is 1. The molecule has 1 rings (SSSR count). The molecule has 0 unspecified atom stereocenters. The Balaban J connectivity index is 2.63. The third kappa shape index (κ3) is 3.77. The van der Waals surface area contributed by atoms with Crippen LogP contribution < -0.4 is 10.5 Å². The molecule has 0 aliphatic heterocycles. The van der Waals surface area contributed by atoms with Gasteiger partial charge >= 0.3 is 0 Å². The van der Waals surface area contributed by atoms with E-state index >= 15 is 0 Å². The van der Waals surface area contributed by atoms with E-state index < -0.39 is 0 Å². The van der Waals surface area contributed by atoms with Gasteiger partial charge in [-0.05, 0) is 24.3 Å². The third-order valence-corrected chi connectivity index (χ3v) is 3.05. The van der Waals surface area contributed by atoms with Gasteiger partial charge in [0.2, 0.25) is 0 Å². The Morgan fingerprint density at radius 2 is 2.25 bits per heavy atom. The maximum absolute atomic E-state index is 7.36. The van der Waals surface area contributed by atoms with Gasteiger partial charge in [0.25, 0.3) is 0 Å². The Morgan fingerprint density at radius 1 is 1.50 bits per heavy atom. The molecular weight excluding hydrogens is 220 g/mol. The second kappa shape index (κ2) is 6.43. The number of hydrogen-bond donors (Lipinski definition) is 2. The van der Waals surface area contributed by atoms with Gasteiger partial charge < -0.3 is 10.5 Å². The zero-order chi connectivity index (χ0) is 12.0. The lowest BCUT2D eigenvalue weighted by atomic mass is 10.1. The molecule has 0 saturated carbocycles. The molecule has 3 nitrogen and oxygen atoms in total. The minimum absolute atomic E-state index is 0.0767. The summed E-state index contributed by atoms with van der Waals surface area (Å²) in [6.07, 6.45) is 0. The molecule has 0 radical (unpaired) electrons. The fraction of sp³-hybridized carbons (Fsp3) is 0.417. The maximum Gasteiger partial charge on any atom is 0.122 e. The predicted molar refractivity (Wildman–Crippen MR) is 70.7 cm³/mol. The minimum atomic E-state index is 0.0767. The third-order valence-electron chi connectivity index (χ3n) is 2.19. The topological polar surface area (TPSA) is 59.1 Å². The quantitative estimate of drug-likeness (QED) is 0.454. The number of benzene rings is 1. The summed E-state index contributed by atoms with van der Waals surface area (Å²) in [5.41, 5.74) is 7.22. The van der Waals surface area contributed by atoms with Gasteiger partial charge in [0.05, 0.1) is 6.61 Å². The highest BCUT2D eigenvalue weighted by atomic mass is 32.2. The van der Waals surface area contributed by atoms with E-state index in [9.17, 15) is 0 Å². The lowest BCUT2D eigenvalue weighted by molar-refractivity contribution is 0.341. The van der Waals surface area contributed by atoms with Crippen LogP contribution in [0.5, 0.6) is 5.75 Å². The lowest BCUT2D eigenvalue weighted by Crippen LogP contribution is -2.11. The Kier molecular flexibility index (Phi) is 5.19. The van der Waals surface area contributed by atoms with Crippen molar-refractivity contribution in [1.29, 1.82) is 5.41 Å². The summed E-state index contributed by atoms with van der Waals surface area (Å²) >= 11 is 1.85. The van der Waals surface area contributed by atoms with Crippen LogP contribution in [0.1, 0.15) is 18.1 Å². The molecule has 0 spiro atoms. The van der Waals surface area contributed by atoms with E-state index in [0.717, 1.165) is 22.8 Å². The van der Waals surface area contributed by atoms with Crippen LogP contribution in [-0.2, 0) is 0 Å². The Bertz CT molecular complexity index is 366. The maximum atomic E-state index is 7.36. The second-order valence-electron chi connectivity index (χ2n) is 3.44. The smallest absolute Gasteiger partial charge is 0.122 e. The van der Waals surface area contributed by atoms with Crippen LogP contribution in [0.3, 0.4) is 0 Å². The standard InChI is InChI=1S/C12H18N2OS/c1-3-16-7-6-15-11-8-10(12(13)14)5-4-9(11)2/h4-5,8H,3,6-7H2,1-2H3,(H3,13,14). The summed E-state index contributed by atoms with van der Waals surface area (Å²) in [6, 6.07) is 5.60. The fourth-order valence-corrected chi connectivity index (χ4v) is 1.77. The van der Waals surface area contributed by atoms with E-state index in [0.29, 0.717) is 12.2 Å². The van der Waals surface area contributed by atoms with E-state index in [4.69, 9.17) is 15.9 Å². The van der Waals surface area contributed by atoms with Gasteiger partial charge in [0.15, 0.2) is 0 Å². The first-order valence-corrected chi connectivity index (χ1v) is 6.46. The summed E-state index contributed by atoms with van der Waals surface area (Å²) in [5, 5.41) is 7.36. The average molecular weight is 238 g/mol. The van der Waals surface area contributed by atoms with Crippen LogP contribution >= 0.6 is 11.8 Å². The van der Waals surface area contributed by atoms with E-state index in [1.807, 2.05) is 36.9 Å². The lowest BCUT2D eigenvalue weighted by Gasteiger charge is -2.10. The first-order chi connectivity index (χ1) is 7.65. The second-order valence-corrected chi connectivity index (χ2v) is 4.83. The molecule has 0 saturated heterocycles. The summed E-state index contributed by atoms with van der Waals surface area (Å²) in [7, 11) is 0. The molecule has 0 bridgehead atoms. The fourth-order valence-electron chi connectivity index (χ4n) is 1.28. The average Bonchev–Trinajstić information content (AvgIpc) is 2.26. The molecule has 1 aromatic carbocycles. The van der Waals surface area contributed by atoms with Gasteiger partial charge in [0, 0.05) is 11.3 Å². The molecule has 3 N–H and O–H groups in total. The molecule has 0 aliphatic carbocycles. The number of nitrogens with two attached hydrogens (primary N) is 1. The predicted octanol–water partition coefficient (Wildman–Crippen LogP) is 2.41. The van der Waals surface area contributed by atoms with Crippen molar-refractivity contribution in [2.75, 3.05) is 18.1 Å². The van der Waals surface area contributed by atoms with Gasteiger partial charge in [-0.15, -0.1) is 0 Å². The van der Waals surface area contributed by atoms with Crippen molar-refractivity contribution >= 4 is 17.6 Å². The highest BCUT2D eigenvalue weighted by molar-refractivity contribution is 7.99. The zero-order valence-corrected chi connectivity index (χ0v) is 10.6. The van der Waals surface area contributed by atoms with Crippen LogP contribution in [0.4, 0.5) is 0 Å². The molecule has 0 aliphatic rings. The van der Waals surface area contributed by atoms with Crippen molar-refractivity contribution in [2.45, 2.75) is 13.8 Å². The van der Waals surface area contributed by atoms with Crippen molar-refractivity contribution in [1.82, 2.24) is 0 Å². The highest BCUT2D eigenvalue weighted by Gasteiger charge is 2.03. The highest BCUT2D eigenvalue weighted by Crippen LogP contribution is 2.19. The van der Waals surface area contributed by atoms with Crippen molar-refractivity contribution in [3.8, 4) is 5.75 Å². The number of rotatable bonds is 6. The molecule has 1 aromatic rings. The van der Waals surface area contributed by atoms with Gasteiger partial charge in [-0.2, -0.15) is 11.8 Å². The first-order valence-electron chi connectivity index (χ1n) is 5.30. The molecule has 88 valence electrons. The van der Waals surface area contributed by atoms with E-state index in [-0.39, 0.29) is 5.84 Å². The van der Waals surface area contributed by atoms with Crippen LogP contribution in [-0.4, -0.2) is 23.9 Å². The number of amidine groups is 1. The van der Waals surface area contributed by atoms with Gasteiger partial charge in [-0.25, -0.2) is 0 Å². The number of aryl methyl sites for hydroxylation is 1. The number of ether oxygens (including phenoxy) is 1.